The van der Waals surface area contributed by atoms with Crippen molar-refractivity contribution < 1.29 is 19.4 Å². The highest BCUT2D eigenvalue weighted by Gasteiger charge is 2.12. The van der Waals surface area contributed by atoms with Crippen molar-refractivity contribution >= 4 is 29.2 Å². The Bertz CT molecular complexity index is 476. The minimum absolute atomic E-state index is 0.00687. The maximum Gasteiger partial charge on any atom is 0.337 e. The molecule has 2 N–H and O–H groups in total. The number of carbonyl (C=O) groups excluding carboxylic acids is 1. The first-order chi connectivity index (χ1) is 8.93. The van der Waals surface area contributed by atoms with Crippen molar-refractivity contribution in [2.45, 2.75) is 13.3 Å². The fraction of sp³-hybridized carbons (Fsp3) is 0.385. The molecule has 1 aromatic rings. The zero-order chi connectivity index (χ0) is 14.4. The largest absolute Gasteiger partial charge is 0.478 e. The molecule has 0 fully saturated rings. The highest BCUT2D eigenvalue weighted by Crippen LogP contribution is 2.21. The van der Waals surface area contributed by atoms with Gasteiger partial charge < -0.3 is 15.2 Å². The molecule has 0 aliphatic rings. The molecule has 104 valence electrons. The van der Waals surface area contributed by atoms with Crippen molar-refractivity contribution in [3.63, 3.8) is 0 Å². The van der Waals surface area contributed by atoms with Crippen LogP contribution in [0.25, 0.3) is 0 Å². The lowest BCUT2D eigenvalue weighted by molar-refractivity contribution is -0.117. The summed E-state index contributed by atoms with van der Waals surface area (Å²) in [5, 5.41) is 11.6. The number of methoxy groups -OCH3 is 1. The topological polar surface area (TPSA) is 75.6 Å². The standard InChI is InChI=1S/C13H16ClNO4/c1-8(7-19-2)5-12(16)15-9-3-4-10(13(17)18)11(14)6-9/h3-4,6,8H,5,7H2,1-2H3,(H,15,16)(H,17,18). The van der Waals surface area contributed by atoms with E-state index in [-0.39, 0.29) is 22.4 Å². The Labute approximate surface area is 116 Å². The molecule has 0 bridgehead atoms. The first kappa shape index (κ1) is 15.5. The maximum absolute atomic E-state index is 11.7. The number of hydrogen-bond donors (Lipinski definition) is 2. The third-order valence-corrected chi connectivity index (χ3v) is 2.78. The molecule has 0 aliphatic heterocycles. The van der Waals surface area contributed by atoms with Crippen LogP contribution in [-0.4, -0.2) is 30.7 Å². The fourth-order valence-electron chi connectivity index (χ4n) is 1.64. The average molecular weight is 286 g/mol. The lowest BCUT2D eigenvalue weighted by Crippen LogP contribution is -2.17. The number of rotatable bonds is 6. The molecule has 6 heteroatoms. The third kappa shape index (κ3) is 4.89. The summed E-state index contributed by atoms with van der Waals surface area (Å²) in [7, 11) is 1.58. The molecule has 0 saturated carbocycles. The average Bonchev–Trinajstić information content (AvgIpc) is 2.28. The first-order valence-electron chi connectivity index (χ1n) is 5.75. The number of carboxylic acids is 1. The zero-order valence-electron chi connectivity index (χ0n) is 10.8. The van der Waals surface area contributed by atoms with Gasteiger partial charge in [-0.1, -0.05) is 18.5 Å². The Balaban J connectivity index is 2.65. The van der Waals surface area contributed by atoms with E-state index in [1.807, 2.05) is 6.92 Å². The monoisotopic (exact) mass is 285 g/mol. The van der Waals surface area contributed by atoms with Crippen LogP contribution in [0.4, 0.5) is 5.69 Å². The fourth-order valence-corrected chi connectivity index (χ4v) is 1.90. The van der Waals surface area contributed by atoms with E-state index in [0.29, 0.717) is 18.7 Å². The van der Waals surface area contributed by atoms with Crippen LogP contribution in [0.15, 0.2) is 18.2 Å². The molecule has 0 saturated heterocycles. The van der Waals surface area contributed by atoms with Crippen LogP contribution in [0.3, 0.4) is 0 Å². The van der Waals surface area contributed by atoms with E-state index in [0.717, 1.165) is 0 Å². The number of ether oxygens (including phenoxy) is 1. The van der Waals surface area contributed by atoms with Gasteiger partial charge in [-0.15, -0.1) is 0 Å². The maximum atomic E-state index is 11.7. The van der Waals surface area contributed by atoms with Gasteiger partial charge in [-0.25, -0.2) is 4.79 Å². The molecule has 1 aromatic carbocycles. The number of hydrogen-bond acceptors (Lipinski definition) is 3. The molecule has 19 heavy (non-hydrogen) atoms. The van der Waals surface area contributed by atoms with Gasteiger partial charge in [-0.3, -0.25) is 4.79 Å². The molecule has 1 rings (SSSR count). The highest BCUT2D eigenvalue weighted by atomic mass is 35.5. The van der Waals surface area contributed by atoms with E-state index in [1.54, 1.807) is 7.11 Å². The second-order valence-corrected chi connectivity index (χ2v) is 4.72. The molecule has 0 aliphatic carbocycles. The van der Waals surface area contributed by atoms with Crippen molar-refractivity contribution in [1.29, 1.82) is 0 Å². The molecule has 1 amide bonds. The van der Waals surface area contributed by atoms with Gasteiger partial charge in [-0.05, 0) is 24.1 Å². The van der Waals surface area contributed by atoms with Crippen LogP contribution >= 0.6 is 11.6 Å². The Morgan fingerprint density at radius 2 is 2.16 bits per heavy atom. The number of carbonyl (C=O) groups is 2. The number of nitrogens with one attached hydrogen (secondary N) is 1. The van der Waals surface area contributed by atoms with Crippen LogP contribution in [0.1, 0.15) is 23.7 Å². The minimum Gasteiger partial charge on any atom is -0.478 e. The summed E-state index contributed by atoms with van der Waals surface area (Å²) in [5.41, 5.74) is 0.483. The van der Waals surface area contributed by atoms with Crippen LogP contribution in [0, 0.1) is 5.92 Å². The number of aromatic carboxylic acids is 1. The van der Waals surface area contributed by atoms with E-state index in [1.165, 1.54) is 18.2 Å². The van der Waals surface area contributed by atoms with Gasteiger partial charge >= 0.3 is 5.97 Å². The Morgan fingerprint density at radius 3 is 2.68 bits per heavy atom. The third-order valence-electron chi connectivity index (χ3n) is 2.47. The summed E-state index contributed by atoms with van der Waals surface area (Å²) in [5.74, 6) is -1.15. The number of anilines is 1. The summed E-state index contributed by atoms with van der Waals surface area (Å²) in [4.78, 5) is 22.5. The summed E-state index contributed by atoms with van der Waals surface area (Å²) >= 11 is 5.81. The smallest absolute Gasteiger partial charge is 0.337 e. The van der Waals surface area contributed by atoms with Gasteiger partial charge in [0.15, 0.2) is 0 Å². The van der Waals surface area contributed by atoms with Crippen LogP contribution < -0.4 is 5.32 Å². The molecule has 0 aromatic heterocycles. The quantitative estimate of drug-likeness (QED) is 0.842. The summed E-state index contributed by atoms with van der Waals surface area (Å²) in [6.45, 7) is 2.41. The lowest BCUT2D eigenvalue weighted by atomic mass is 10.1. The SMILES string of the molecule is COCC(C)CC(=O)Nc1ccc(C(=O)O)c(Cl)c1. The van der Waals surface area contributed by atoms with Gasteiger partial charge in [0.05, 0.1) is 10.6 Å². The van der Waals surface area contributed by atoms with E-state index in [4.69, 9.17) is 21.4 Å². The molecule has 0 spiro atoms. The Morgan fingerprint density at radius 1 is 1.47 bits per heavy atom. The predicted molar refractivity (Wildman–Crippen MR) is 72.7 cm³/mol. The van der Waals surface area contributed by atoms with E-state index in [9.17, 15) is 9.59 Å². The van der Waals surface area contributed by atoms with Crippen LogP contribution in [-0.2, 0) is 9.53 Å². The molecular weight excluding hydrogens is 270 g/mol. The van der Waals surface area contributed by atoms with Crippen LogP contribution in [0.5, 0.6) is 0 Å². The minimum atomic E-state index is -1.10. The van der Waals surface area contributed by atoms with Crippen molar-refractivity contribution in [3.8, 4) is 0 Å². The van der Waals surface area contributed by atoms with Crippen LogP contribution in [0.2, 0.25) is 5.02 Å². The number of benzene rings is 1. The molecule has 1 unspecified atom stereocenters. The molecule has 0 radical (unpaired) electrons. The second kappa shape index (κ2) is 7.11. The van der Waals surface area contributed by atoms with Crippen molar-refractivity contribution in [3.05, 3.63) is 28.8 Å². The molecule has 5 nitrogen and oxygen atoms in total. The zero-order valence-corrected chi connectivity index (χ0v) is 11.5. The number of carboxylic acid groups (broad SMARTS) is 1. The summed E-state index contributed by atoms with van der Waals surface area (Å²) < 4.78 is 4.95. The number of amides is 1. The second-order valence-electron chi connectivity index (χ2n) is 4.31. The molecule has 0 heterocycles. The lowest BCUT2D eigenvalue weighted by Gasteiger charge is -2.11. The highest BCUT2D eigenvalue weighted by molar-refractivity contribution is 6.33. The van der Waals surface area contributed by atoms with Crippen molar-refractivity contribution in [2.75, 3.05) is 19.0 Å². The summed E-state index contributed by atoms with van der Waals surface area (Å²) in [6, 6.07) is 4.29. The van der Waals surface area contributed by atoms with Gasteiger partial charge in [0.1, 0.15) is 0 Å². The van der Waals surface area contributed by atoms with Crippen molar-refractivity contribution in [2.24, 2.45) is 5.92 Å². The Hall–Kier alpha value is -1.59. The molecular formula is C13H16ClNO4. The van der Waals surface area contributed by atoms with Gasteiger partial charge in [0, 0.05) is 25.8 Å². The summed E-state index contributed by atoms with van der Waals surface area (Å²) in [6.07, 6.45) is 0.326. The van der Waals surface area contributed by atoms with E-state index >= 15 is 0 Å². The van der Waals surface area contributed by atoms with Gasteiger partial charge in [-0.2, -0.15) is 0 Å². The van der Waals surface area contributed by atoms with E-state index in [2.05, 4.69) is 5.32 Å². The Kier molecular flexibility index (Phi) is 5.79. The van der Waals surface area contributed by atoms with Gasteiger partial charge in [0.2, 0.25) is 5.91 Å². The first-order valence-corrected chi connectivity index (χ1v) is 6.13. The molecule has 1 atom stereocenters. The number of halogens is 1. The van der Waals surface area contributed by atoms with Crippen molar-refractivity contribution in [1.82, 2.24) is 0 Å². The normalized spacial score (nSPS) is 11.9. The van der Waals surface area contributed by atoms with Gasteiger partial charge in [0.25, 0.3) is 0 Å². The van der Waals surface area contributed by atoms with E-state index < -0.39 is 5.97 Å². The predicted octanol–water partition coefficient (Wildman–Crippen LogP) is 2.65.